The molecule has 2 heterocycles. The van der Waals surface area contributed by atoms with Crippen molar-refractivity contribution in [3.8, 4) is 0 Å². The molecule has 0 spiro atoms. The SMILES string of the molecule is O=C(Cc1ccc2[nH]c(=O)[nH]c2c1)N1CCN(C(=O)NC2CCCC2)CC1. The van der Waals surface area contributed by atoms with Crippen LogP contribution in [-0.2, 0) is 11.2 Å². The van der Waals surface area contributed by atoms with Crippen LogP contribution in [0.5, 0.6) is 0 Å². The maximum atomic E-state index is 12.6. The largest absolute Gasteiger partial charge is 0.339 e. The van der Waals surface area contributed by atoms with Crippen LogP contribution in [0.4, 0.5) is 4.79 Å². The number of aromatic amines is 2. The van der Waals surface area contributed by atoms with Crippen molar-refractivity contribution >= 4 is 23.0 Å². The smallest absolute Gasteiger partial charge is 0.323 e. The number of urea groups is 1. The summed E-state index contributed by atoms with van der Waals surface area (Å²) in [4.78, 5) is 45.3. The molecule has 1 aromatic heterocycles. The van der Waals surface area contributed by atoms with Gasteiger partial charge in [0.2, 0.25) is 5.91 Å². The number of nitrogens with zero attached hydrogens (tertiary/aromatic N) is 2. The molecule has 3 N–H and O–H groups in total. The number of imidazole rings is 1. The van der Waals surface area contributed by atoms with E-state index in [0.29, 0.717) is 37.7 Å². The van der Waals surface area contributed by atoms with Crippen LogP contribution in [0.15, 0.2) is 23.0 Å². The van der Waals surface area contributed by atoms with Crippen LogP contribution in [0.3, 0.4) is 0 Å². The van der Waals surface area contributed by atoms with Gasteiger partial charge in [-0.05, 0) is 30.5 Å². The predicted octanol–water partition coefficient (Wildman–Crippen LogP) is 1.20. The van der Waals surface area contributed by atoms with Gasteiger partial charge in [-0.2, -0.15) is 0 Å². The number of aromatic nitrogens is 2. The van der Waals surface area contributed by atoms with E-state index in [2.05, 4.69) is 15.3 Å². The van der Waals surface area contributed by atoms with Gasteiger partial charge >= 0.3 is 11.7 Å². The number of carbonyl (C=O) groups is 2. The summed E-state index contributed by atoms with van der Waals surface area (Å²) < 4.78 is 0. The molecule has 2 fully saturated rings. The van der Waals surface area contributed by atoms with Gasteiger partial charge < -0.3 is 25.1 Å². The van der Waals surface area contributed by atoms with Gasteiger partial charge in [-0.3, -0.25) is 4.79 Å². The lowest BCUT2D eigenvalue weighted by molar-refractivity contribution is -0.131. The quantitative estimate of drug-likeness (QED) is 0.755. The first-order valence-corrected chi connectivity index (χ1v) is 9.62. The number of carbonyl (C=O) groups excluding carboxylic acids is 2. The van der Waals surface area contributed by atoms with E-state index in [9.17, 15) is 14.4 Å². The fraction of sp³-hybridized carbons (Fsp3) is 0.526. The van der Waals surface area contributed by atoms with E-state index in [0.717, 1.165) is 23.9 Å². The highest BCUT2D eigenvalue weighted by Gasteiger charge is 2.26. The Bertz CT molecular complexity index is 888. The molecule has 0 atom stereocenters. The van der Waals surface area contributed by atoms with Crippen molar-refractivity contribution in [2.24, 2.45) is 0 Å². The molecule has 1 saturated heterocycles. The Balaban J connectivity index is 1.29. The van der Waals surface area contributed by atoms with Gasteiger partial charge in [-0.25, -0.2) is 9.59 Å². The Morgan fingerprint density at radius 3 is 2.41 bits per heavy atom. The summed E-state index contributed by atoms with van der Waals surface area (Å²) in [6.45, 7) is 2.24. The summed E-state index contributed by atoms with van der Waals surface area (Å²) in [7, 11) is 0. The second-order valence-corrected chi connectivity index (χ2v) is 7.43. The lowest BCUT2D eigenvalue weighted by atomic mass is 10.1. The van der Waals surface area contributed by atoms with E-state index in [-0.39, 0.29) is 24.0 Å². The van der Waals surface area contributed by atoms with Gasteiger partial charge in [0.25, 0.3) is 0 Å². The number of amides is 3. The second-order valence-electron chi connectivity index (χ2n) is 7.43. The third-order valence-corrected chi connectivity index (χ3v) is 5.54. The number of hydrogen-bond donors (Lipinski definition) is 3. The molecule has 0 bridgehead atoms. The van der Waals surface area contributed by atoms with Gasteiger partial charge in [-0.15, -0.1) is 0 Å². The monoisotopic (exact) mass is 371 g/mol. The highest BCUT2D eigenvalue weighted by Crippen LogP contribution is 2.18. The van der Waals surface area contributed by atoms with Crippen molar-refractivity contribution < 1.29 is 9.59 Å². The minimum Gasteiger partial charge on any atom is -0.339 e. The molecule has 3 amide bonds. The van der Waals surface area contributed by atoms with Crippen LogP contribution < -0.4 is 11.0 Å². The van der Waals surface area contributed by atoms with Crippen LogP contribution in [0.25, 0.3) is 11.0 Å². The van der Waals surface area contributed by atoms with Gasteiger partial charge in [0.15, 0.2) is 0 Å². The molecule has 1 aliphatic carbocycles. The summed E-state index contributed by atoms with van der Waals surface area (Å²) in [6.07, 6.45) is 4.81. The maximum absolute atomic E-state index is 12.6. The standard InChI is InChI=1S/C19H25N5O3/c25-17(12-13-5-6-15-16(11-13)22-18(26)21-15)23-7-9-24(10-8-23)19(27)20-14-3-1-2-4-14/h5-6,11,14H,1-4,7-10,12H2,(H,20,27)(H2,21,22,26). The van der Waals surface area contributed by atoms with Crippen molar-refractivity contribution in [3.63, 3.8) is 0 Å². The van der Waals surface area contributed by atoms with Gasteiger partial charge in [0, 0.05) is 32.2 Å². The lowest BCUT2D eigenvalue weighted by Gasteiger charge is -2.35. The van der Waals surface area contributed by atoms with Crippen molar-refractivity contribution in [1.29, 1.82) is 0 Å². The van der Waals surface area contributed by atoms with E-state index in [1.165, 1.54) is 12.8 Å². The molecule has 2 aromatic rings. The zero-order valence-corrected chi connectivity index (χ0v) is 15.3. The van der Waals surface area contributed by atoms with Gasteiger partial charge in [0.1, 0.15) is 0 Å². The molecule has 4 rings (SSSR count). The summed E-state index contributed by atoms with van der Waals surface area (Å²) in [5.74, 6) is 0.0445. The third-order valence-electron chi connectivity index (χ3n) is 5.54. The molecule has 1 saturated carbocycles. The molecule has 8 nitrogen and oxygen atoms in total. The molecule has 0 unspecified atom stereocenters. The van der Waals surface area contributed by atoms with Gasteiger partial charge in [-0.1, -0.05) is 18.9 Å². The molecule has 144 valence electrons. The minimum atomic E-state index is -0.250. The molecular weight excluding hydrogens is 346 g/mol. The van der Waals surface area contributed by atoms with Crippen molar-refractivity contribution in [2.75, 3.05) is 26.2 Å². The molecule has 1 aromatic carbocycles. The first-order valence-electron chi connectivity index (χ1n) is 9.62. The third kappa shape index (κ3) is 3.99. The highest BCUT2D eigenvalue weighted by atomic mass is 16.2. The average molecular weight is 371 g/mol. The first kappa shape index (κ1) is 17.6. The Labute approximate surface area is 156 Å². The number of rotatable bonds is 3. The Morgan fingerprint density at radius 2 is 1.67 bits per heavy atom. The van der Waals surface area contributed by atoms with E-state index in [1.807, 2.05) is 17.0 Å². The minimum absolute atomic E-state index is 0.00383. The Morgan fingerprint density at radius 1 is 1.00 bits per heavy atom. The number of H-pyrrole nitrogens is 2. The van der Waals surface area contributed by atoms with Crippen LogP contribution in [0, 0.1) is 0 Å². The molecule has 8 heteroatoms. The van der Waals surface area contributed by atoms with Crippen LogP contribution in [-0.4, -0.2) is 63.9 Å². The lowest BCUT2D eigenvalue weighted by Crippen LogP contribution is -2.54. The van der Waals surface area contributed by atoms with Crippen LogP contribution in [0.1, 0.15) is 31.2 Å². The summed E-state index contributed by atoms with van der Waals surface area (Å²) >= 11 is 0. The fourth-order valence-corrected chi connectivity index (χ4v) is 3.97. The zero-order chi connectivity index (χ0) is 18.8. The summed E-state index contributed by atoms with van der Waals surface area (Å²) in [5, 5.41) is 3.10. The zero-order valence-electron chi connectivity index (χ0n) is 15.3. The van der Waals surface area contributed by atoms with E-state index in [4.69, 9.17) is 0 Å². The summed E-state index contributed by atoms with van der Waals surface area (Å²) in [6, 6.07) is 5.80. The van der Waals surface area contributed by atoms with Crippen molar-refractivity contribution in [1.82, 2.24) is 25.1 Å². The normalized spacial score (nSPS) is 18.2. The molecule has 2 aliphatic rings. The van der Waals surface area contributed by atoms with E-state index < -0.39 is 0 Å². The molecule has 1 aliphatic heterocycles. The number of hydrogen-bond acceptors (Lipinski definition) is 3. The predicted molar refractivity (Wildman–Crippen MR) is 102 cm³/mol. The highest BCUT2D eigenvalue weighted by molar-refractivity contribution is 5.82. The van der Waals surface area contributed by atoms with Crippen molar-refractivity contribution in [3.05, 3.63) is 34.2 Å². The van der Waals surface area contributed by atoms with Crippen LogP contribution in [0.2, 0.25) is 0 Å². The Kier molecular flexibility index (Phi) is 4.87. The molecular formula is C19H25N5O3. The second kappa shape index (κ2) is 7.46. The Hall–Kier alpha value is -2.77. The molecule has 27 heavy (non-hydrogen) atoms. The van der Waals surface area contributed by atoms with E-state index >= 15 is 0 Å². The number of nitrogens with one attached hydrogen (secondary N) is 3. The fourth-order valence-electron chi connectivity index (χ4n) is 3.97. The van der Waals surface area contributed by atoms with Crippen LogP contribution >= 0.6 is 0 Å². The number of benzene rings is 1. The van der Waals surface area contributed by atoms with Crippen molar-refractivity contribution in [2.45, 2.75) is 38.1 Å². The first-order chi connectivity index (χ1) is 13.1. The number of fused-ring (bicyclic) bond motifs is 1. The van der Waals surface area contributed by atoms with Gasteiger partial charge in [0.05, 0.1) is 17.5 Å². The summed E-state index contributed by atoms with van der Waals surface area (Å²) in [5.41, 5.74) is 2.06. The molecule has 0 radical (unpaired) electrons. The number of piperazine rings is 1. The topological polar surface area (TPSA) is 101 Å². The maximum Gasteiger partial charge on any atom is 0.323 e. The van der Waals surface area contributed by atoms with E-state index in [1.54, 1.807) is 11.0 Å². The average Bonchev–Trinajstić information content (AvgIpc) is 3.30.